The van der Waals surface area contributed by atoms with E-state index in [1.165, 1.54) is 11.3 Å². The monoisotopic (exact) mass is 406 g/mol. The van der Waals surface area contributed by atoms with Gasteiger partial charge in [0.05, 0.1) is 26.3 Å². The number of esters is 1. The van der Waals surface area contributed by atoms with Crippen molar-refractivity contribution in [3.63, 3.8) is 0 Å². The molecule has 0 fully saturated rings. The van der Waals surface area contributed by atoms with Gasteiger partial charge >= 0.3 is 5.97 Å². The lowest BCUT2D eigenvalue weighted by atomic mass is 10.2. The number of carbonyl (C=O) groups is 2. The summed E-state index contributed by atoms with van der Waals surface area (Å²) in [6.45, 7) is 6.09. The van der Waals surface area contributed by atoms with Gasteiger partial charge < -0.3 is 19.5 Å². The maximum absolute atomic E-state index is 12.1. The number of nitrogens with zero attached hydrogens (tertiary/aromatic N) is 1. The molecular weight excluding hydrogens is 380 g/mol. The molecule has 8 heteroatoms. The summed E-state index contributed by atoms with van der Waals surface area (Å²) in [5.74, 6) is 0.785. The van der Waals surface area contributed by atoms with E-state index in [1.807, 2.05) is 26.0 Å². The molecule has 28 heavy (non-hydrogen) atoms. The van der Waals surface area contributed by atoms with Crippen molar-refractivity contribution >= 4 is 23.2 Å². The Kier molecular flexibility index (Phi) is 7.80. The first kappa shape index (κ1) is 21.7. The lowest BCUT2D eigenvalue weighted by Gasteiger charge is -2.14. The van der Waals surface area contributed by atoms with E-state index in [2.05, 4.69) is 10.3 Å². The molecule has 1 atom stereocenters. The quantitative estimate of drug-likeness (QED) is 0.644. The molecule has 7 nitrogen and oxygen atoms in total. The molecule has 0 radical (unpaired) electrons. The fourth-order valence-electron chi connectivity index (χ4n) is 2.38. The number of rotatable bonds is 9. The van der Waals surface area contributed by atoms with Crippen LogP contribution in [0.3, 0.4) is 0 Å². The molecule has 2 rings (SSSR count). The third kappa shape index (κ3) is 5.95. The highest BCUT2D eigenvalue weighted by atomic mass is 32.1. The van der Waals surface area contributed by atoms with Crippen LogP contribution in [0.1, 0.15) is 26.5 Å². The number of aromatic nitrogens is 1. The molecule has 1 amide bonds. The van der Waals surface area contributed by atoms with E-state index in [9.17, 15) is 9.59 Å². The highest BCUT2D eigenvalue weighted by molar-refractivity contribution is 7.13. The van der Waals surface area contributed by atoms with Crippen molar-refractivity contribution in [2.45, 2.75) is 33.3 Å². The summed E-state index contributed by atoms with van der Waals surface area (Å²) in [6, 6.07) is 5.52. The standard InChI is InChI=1S/C20H26N2O5S/c1-12(2)10-21-19(24)13(3)27-18(23)9-15-11-28-20(22-15)14-6-7-16(25-4)17(8-14)26-5/h6-8,11-13H,9-10H2,1-5H3,(H,21,24). The zero-order chi connectivity index (χ0) is 20.7. The molecule has 1 heterocycles. The Morgan fingerprint density at radius 1 is 1.14 bits per heavy atom. The van der Waals surface area contributed by atoms with E-state index >= 15 is 0 Å². The summed E-state index contributed by atoms with van der Waals surface area (Å²) in [6.07, 6.45) is -0.832. The maximum atomic E-state index is 12.1. The lowest BCUT2D eigenvalue weighted by Crippen LogP contribution is -2.37. The molecule has 0 aliphatic carbocycles. The molecule has 1 N–H and O–H groups in total. The minimum Gasteiger partial charge on any atom is -0.493 e. The Morgan fingerprint density at radius 2 is 1.86 bits per heavy atom. The normalized spacial score (nSPS) is 11.8. The molecule has 152 valence electrons. The first-order valence-electron chi connectivity index (χ1n) is 8.98. The smallest absolute Gasteiger partial charge is 0.312 e. The third-order valence-corrected chi connectivity index (χ3v) is 4.81. The Bertz CT molecular complexity index is 819. The molecule has 2 aromatic rings. The molecule has 0 spiro atoms. The third-order valence-electron chi connectivity index (χ3n) is 3.87. The van der Waals surface area contributed by atoms with Gasteiger partial charge in [0.2, 0.25) is 0 Å². The van der Waals surface area contributed by atoms with Gasteiger partial charge in [0.1, 0.15) is 5.01 Å². The first-order valence-corrected chi connectivity index (χ1v) is 9.86. The molecule has 1 aromatic heterocycles. The predicted octanol–water partition coefficient (Wildman–Crippen LogP) is 3.07. The summed E-state index contributed by atoms with van der Waals surface area (Å²) >= 11 is 1.42. The number of nitrogens with one attached hydrogen (secondary N) is 1. The zero-order valence-corrected chi connectivity index (χ0v) is 17.6. The number of benzene rings is 1. The topological polar surface area (TPSA) is 86.8 Å². The van der Waals surface area contributed by atoms with Crippen LogP contribution in [-0.4, -0.2) is 43.7 Å². The van der Waals surface area contributed by atoms with Crippen molar-refractivity contribution in [1.29, 1.82) is 0 Å². The van der Waals surface area contributed by atoms with Crippen LogP contribution in [0.5, 0.6) is 11.5 Å². The maximum Gasteiger partial charge on any atom is 0.312 e. The average Bonchev–Trinajstić information content (AvgIpc) is 3.13. The minimum absolute atomic E-state index is 0.00555. The number of thiazole rings is 1. The van der Waals surface area contributed by atoms with Gasteiger partial charge in [-0.25, -0.2) is 4.98 Å². The average molecular weight is 407 g/mol. The number of hydrogen-bond acceptors (Lipinski definition) is 7. The second kappa shape index (κ2) is 10.1. The first-order chi connectivity index (χ1) is 13.3. The minimum atomic E-state index is -0.838. The predicted molar refractivity (Wildman–Crippen MR) is 108 cm³/mol. The van der Waals surface area contributed by atoms with Crippen LogP contribution in [0.2, 0.25) is 0 Å². The van der Waals surface area contributed by atoms with E-state index in [0.717, 1.165) is 10.6 Å². The van der Waals surface area contributed by atoms with E-state index in [-0.39, 0.29) is 12.3 Å². The highest BCUT2D eigenvalue weighted by Crippen LogP contribution is 2.33. The molecule has 0 aliphatic heterocycles. The van der Waals surface area contributed by atoms with Gasteiger partial charge in [0.15, 0.2) is 17.6 Å². The number of amides is 1. The van der Waals surface area contributed by atoms with Gasteiger partial charge in [-0.1, -0.05) is 13.8 Å². The van der Waals surface area contributed by atoms with Crippen molar-refractivity contribution in [2.24, 2.45) is 5.92 Å². The summed E-state index contributed by atoms with van der Waals surface area (Å²) in [4.78, 5) is 28.5. The zero-order valence-electron chi connectivity index (χ0n) is 16.8. The summed E-state index contributed by atoms with van der Waals surface area (Å²) in [7, 11) is 3.15. The Labute approximate surface area is 169 Å². The highest BCUT2D eigenvalue weighted by Gasteiger charge is 2.19. The van der Waals surface area contributed by atoms with Crippen molar-refractivity contribution in [3.8, 4) is 22.1 Å². The van der Waals surface area contributed by atoms with Gasteiger partial charge in [-0.15, -0.1) is 11.3 Å². The molecule has 1 aromatic carbocycles. The molecular formula is C20H26N2O5S. The number of methoxy groups -OCH3 is 2. The molecule has 0 saturated carbocycles. The van der Waals surface area contributed by atoms with Gasteiger partial charge in [-0.3, -0.25) is 9.59 Å². The van der Waals surface area contributed by atoms with E-state index in [4.69, 9.17) is 14.2 Å². The summed E-state index contributed by atoms with van der Waals surface area (Å²) in [5, 5.41) is 5.30. The van der Waals surface area contributed by atoms with Crippen LogP contribution in [0, 0.1) is 5.92 Å². The van der Waals surface area contributed by atoms with Gasteiger partial charge in [0.25, 0.3) is 5.91 Å². The van der Waals surface area contributed by atoms with E-state index in [0.29, 0.717) is 29.7 Å². The SMILES string of the molecule is COc1ccc(-c2nc(CC(=O)OC(C)C(=O)NCC(C)C)cs2)cc1OC. The fourth-order valence-corrected chi connectivity index (χ4v) is 3.20. The number of carbonyl (C=O) groups excluding carboxylic acids is 2. The molecule has 0 aliphatic rings. The Morgan fingerprint density at radius 3 is 2.50 bits per heavy atom. The largest absolute Gasteiger partial charge is 0.493 e. The molecule has 1 unspecified atom stereocenters. The second-order valence-corrected chi connectivity index (χ2v) is 7.52. The van der Waals surface area contributed by atoms with Crippen LogP contribution in [-0.2, 0) is 20.7 Å². The fraction of sp³-hybridized carbons (Fsp3) is 0.450. The van der Waals surface area contributed by atoms with Crippen LogP contribution in [0.25, 0.3) is 10.6 Å². The van der Waals surface area contributed by atoms with Crippen LogP contribution in [0.15, 0.2) is 23.6 Å². The van der Waals surface area contributed by atoms with Crippen LogP contribution >= 0.6 is 11.3 Å². The Balaban J connectivity index is 1.97. The van der Waals surface area contributed by atoms with Gasteiger partial charge in [0, 0.05) is 17.5 Å². The van der Waals surface area contributed by atoms with Crippen LogP contribution in [0.4, 0.5) is 0 Å². The van der Waals surface area contributed by atoms with Crippen molar-refractivity contribution in [3.05, 3.63) is 29.3 Å². The van der Waals surface area contributed by atoms with Crippen LogP contribution < -0.4 is 14.8 Å². The number of hydrogen-bond donors (Lipinski definition) is 1. The van der Waals surface area contributed by atoms with E-state index < -0.39 is 12.1 Å². The van der Waals surface area contributed by atoms with Crippen molar-refractivity contribution in [1.82, 2.24) is 10.3 Å². The summed E-state index contributed by atoms with van der Waals surface area (Å²) < 4.78 is 15.8. The van der Waals surface area contributed by atoms with Crippen molar-refractivity contribution in [2.75, 3.05) is 20.8 Å². The lowest BCUT2D eigenvalue weighted by molar-refractivity contribution is -0.154. The second-order valence-electron chi connectivity index (χ2n) is 6.66. The summed E-state index contributed by atoms with van der Waals surface area (Å²) in [5.41, 5.74) is 1.46. The van der Waals surface area contributed by atoms with Gasteiger partial charge in [-0.05, 0) is 31.0 Å². The van der Waals surface area contributed by atoms with Crippen molar-refractivity contribution < 1.29 is 23.8 Å². The molecule has 0 saturated heterocycles. The Hall–Kier alpha value is -2.61. The molecule has 0 bridgehead atoms. The number of ether oxygens (including phenoxy) is 3. The van der Waals surface area contributed by atoms with E-state index in [1.54, 1.807) is 32.6 Å². The van der Waals surface area contributed by atoms with Gasteiger partial charge in [-0.2, -0.15) is 0 Å².